The van der Waals surface area contributed by atoms with Gasteiger partial charge in [-0.2, -0.15) is 0 Å². The molecule has 0 amide bonds. The number of rotatable bonds is 56. The molecule has 0 N–H and O–H groups in total. The lowest BCUT2D eigenvalue weighted by atomic mass is 10.0. The minimum atomic E-state index is 1.22. The van der Waals surface area contributed by atoms with E-state index in [4.69, 9.17) is 0 Å². The van der Waals surface area contributed by atoms with Crippen molar-refractivity contribution < 1.29 is 4.48 Å². The maximum atomic E-state index is 2.52. The minimum absolute atomic E-state index is 1.22. The maximum Gasteiger partial charge on any atom is 0.104 e. The topological polar surface area (TPSA) is 0 Å². The third kappa shape index (κ3) is 46.8. The molecule has 1 aromatic rings. The van der Waals surface area contributed by atoms with Gasteiger partial charge < -0.3 is 4.48 Å². The van der Waals surface area contributed by atoms with Crippen LogP contribution in [0, 0.1) is 0 Å². The molecule has 0 aliphatic rings. The fourth-order valence-electron chi connectivity index (χ4n) is 10.7. The van der Waals surface area contributed by atoms with Crippen LogP contribution in [0.15, 0.2) is 66.8 Å². The van der Waals surface area contributed by atoms with E-state index in [-0.39, 0.29) is 0 Å². The summed E-state index contributed by atoms with van der Waals surface area (Å²) in [5.74, 6) is 0. The van der Waals surface area contributed by atoms with Gasteiger partial charge >= 0.3 is 0 Å². The van der Waals surface area contributed by atoms with E-state index in [2.05, 4.69) is 87.6 Å². The van der Waals surface area contributed by atoms with Gasteiger partial charge in [0, 0.05) is 5.56 Å². The lowest BCUT2D eigenvalue weighted by molar-refractivity contribution is -0.941. The molecule has 0 atom stereocenters. The van der Waals surface area contributed by atoms with Gasteiger partial charge in [-0.3, -0.25) is 0 Å². The Morgan fingerprint density at radius 2 is 0.456 bits per heavy atom. The Bertz CT molecular complexity index is 1050. The molecule has 0 saturated heterocycles. The predicted molar refractivity (Wildman–Crippen MR) is 311 cm³/mol. The Kier molecular flexibility index (Phi) is 51.8. The highest BCUT2D eigenvalue weighted by atomic mass is 15.3. The summed E-state index contributed by atoms with van der Waals surface area (Å²) in [6.45, 7) is 12.2. The number of quaternary nitrogens is 1. The second kappa shape index (κ2) is 54.7. The lowest BCUT2D eigenvalue weighted by Crippen LogP contribution is -2.49. The Labute approximate surface area is 430 Å². The number of unbranched alkanes of at least 4 members (excludes halogenated alkanes) is 42. The van der Waals surface area contributed by atoms with Crippen molar-refractivity contribution in [2.45, 2.75) is 336 Å². The molecule has 0 aliphatic carbocycles. The van der Waals surface area contributed by atoms with Gasteiger partial charge in [0.2, 0.25) is 0 Å². The highest BCUT2D eigenvalue weighted by Gasteiger charge is 2.26. The molecule has 396 valence electrons. The normalized spacial score (nSPS) is 12.3. The van der Waals surface area contributed by atoms with Crippen LogP contribution in [0.1, 0.15) is 335 Å². The van der Waals surface area contributed by atoms with Crippen LogP contribution in [0.5, 0.6) is 0 Å². The molecule has 0 bridgehead atoms. The van der Waals surface area contributed by atoms with Crippen LogP contribution < -0.4 is 0 Å². The molecule has 0 heterocycles. The highest BCUT2D eigenvalue weighted by Crippen LogP contribution is 2.23. The summed E-state index contributed by atoms with van der Waals surface area (Å²) < 4.78 is 1.31. The molecule has 1 rings (SSSR count). The Morgan fingerprint density at radius 3 is 0.691 bits per heavy atom. The average Bonchev–Trinajstić information content (AvgIpc) is 3.35. The SMILES string of the molecule is CCCCCCCCCCCCC/C=C/CCCCC[N+](CCCCC/C=C/CCCCCCCCCCCCC)(CCCCC/C=C/CCCCCCCCCCCCC)Cc1ccccc1. The molecule has 0 spiro atoms. The fourth-order valence-corrected chi connectivity index (χ4v) is 10.7. The number of nitrogens with zero attached hydrogens (tertiary/aromatic N) is 1. The summed E-state index contributed by atoms with van der Waals surface area (Å²) >= 11 is 0. The van der Waals surface area contributed by atoms with Crippen LogP contribution in [0.4, 0.5) is 0 Å². The molecule has 0 aliphatic heterocycles. The first-order valence-electron chi connectivity index (χ1n) is 31.6. The van der Waals surface area contributed by atoms with E-state index in [1.54, 1.807) is 5.56 Å². The van der Waals surface area contributed by atoms with Crippen molar-refractivity contribution in [3.63, 3.8) is 0 Å². The fraction of sp³-hybridized carbons (Fsp3) is 0.821. The third-order valence-electron chi connectivity index (χ3n) is 15.3. The minimum Gasteiger partial charge on any atom is -0.320 e. The highest BCUT2D eigenvalue weighted by molar-refractivity contribution is 5.13. The largest absolute Gasteiger partial charge is 0.320 e. The van der Waals surface area contributed by atoms with Crippen LogP contribution in [0.2, 0.25) is 0 Å². The number of hydrogen-bond acceptors (Lipinski definition) is 0. The van der Waals surface area contributed by atoms with Crippen molar-refractivity contribution in [2.24, 2.45) is 0 Å². The molecule has 0 radical (unpaired) electrons. The van der Waals surface area contributed by atoms with E-state index >= 15 is 0 Å². The monoisotopic (exact) mass is 943 g/mol. The molecule has 0 aromatic heterocycles. The van der Waals surface area contributed by atoms with Crippen LogP contribution in [0.25, 0.3) is 0 Å². The number of benzene rings is 1. The second-order valence-corrected chi connectivity index (χ2v) is 22.1. The van der Waals surface area contributed by atoms with Crippen LogP contribution >= 0.6 is 0 Å². The molecule has 0 unspecified atom stereocenters. The third-order valence-corrected chi connectivity index (χ3v) is 15.3. The van der Waals surface area contributed by atoms with Crippen molar-refractivity contribution >= 4 is 0 Å². The van der Waals surface area contributed by atoms with E-state index < -0.39 is 0 Å². The Hall–Kier alpha value is -1.60. The van der Waals surface area contributed by atoms with Crippen molar-refractivity contribution in [3.05, 3.63) is 72.4 Å². The molecule has 1 aromatic carbocycles. The standard InChI is InChI=1S/C67H124N/c1-4-7-10-13-16-19-22-25-28-31-34-37-40-43-46-49-52-58-63-68(66-67-61-56-55-57-62-67,64-59-53-50-47-44-41-38-35-32-29-26-23-20-17-14-11-8-5-2)65-60-54-51-48-45-42-39-36-33-30-27-24-21-18-15-12-9-6-3/h40-45,55-57,61-62H,4-39,46-54,58-60,63-66H2,1-3H3/q+1/b43-40+,44-41+,45-42+. The molecule has 68 heavy (non-hydrogen) atoms. The van der Waals surface area contributed by atoms with Gasteiger partial charge in [-0.1, -0.05) is 280 Å². The average molecular weight is 944 g/mol. The van der Waals surface area contributed by atoms with Gasteiger partial charge in [0.15, 0.2) is 0 Å². The Balaban J connectivity index is 2.50. The smallest absolute Gasteiger partial charge is 0.104 e. The lowest BCUT2D eigenvalue weighted by Gasteiger charge is -2.39. The summed E-state index contributed by atoms with van der Waals surface area (Å²) in [6, 6.07) is 11.6. The Morgan fingerprint density at radius 1 is 0.250 bits per heavy atom. The van der Waals surface area contributed by atoms with E-state index in [0.717, 1.165) is 0 Å². The summed E-state index contributed by atoms with van der Waals surface area (Å²) in [5.41, 5.74) is 1.55. The van der Waals surface area contributed by atoms with Crippen molar-refractivity contribution in [1.29, 1.82) is 0 Å². The number of allylic oxidation sites excluding steroid dienone is 6. The molecule has 1 nitrogen and oxygen atoms in total. The van der Waals surface area contributed by atoms with Gasteiger partial charge in [0.25, 0.3) is 0 Å². The van der Waals surface area contributed by atoms with E-state index in [9.17, 15) is 0 Å². The van der Waals surface area contributed by atoms with Gasteiger partial charge in [-0.25, -0.2) is 0 Å². The molecular formula is C67H124N+. The van der Waals surface area contributed by atoms with Crippen molar-refractivity contribution in [1.82, 2.24) is 0 Å². The van der Waals surface area contributed by atoms with Gasteiger partial charge in [-0.05, 0) is 116 Å². The summed E-state index contributed by atoms with van der Waals surface area (Å²) in [4.78, 5) is 0. The summed E-state index contributed by atoms with van der Waals surface area (Å²) in [7, 11) is 0. The predicted octanol–water partition coefficient (Wildman–Crippen LogP) is 23.5. The zero-order chi connectivity index (χ0) is 48.6. The quantitative estimate of drug-likeness (QED) is 0.0347. The maximum absolute atomic E-state index is 2.52. The molecule has 1 heteroatoms. The van der Waals surface area contributed by atoms with Crippen molar-refractivity contribution in [2.75, 3.05) is 19.6 Å². The van der Waals surface area contributed by atoms with Gasteiger partial charge in [0.1, 0.15) is 6.54 Å². The van der Waals surface area contributed by atoms with Crippen molar-refractivity contribution in [3.8, 4) is 0 Å². The molecule has 0 saturated carbocycles. The zero-order valence-corrected chi connectivity index (χ0v) is 47.1. The first-order chi connectivity index (χ1) is 33.8. The van der Waals surface area contributed by atoms with Gasteiger partial charge in [0.05, 0.1) is 19.6 Å². The van der Waals surface area contributed by atoms with E-state index in [1.165, 1.54) is 339 Å². The van der Waals surface area contributed by atoms with Gasteiger partial charge in [-0.15, -0.1) is 0 Å². The molecule has 0 fully saturated rings. The molecular weight excluding hydrogens is 819 g/mol. The van der Waals surface area contributed by atoms with Crippen LogP contribution in [0.3, 0.4) is 0 Å². The van der Waals surface area contributed by atoms with Crippen LogP contribution in [-0.2, 0) is 6.54 Å². The zero-order valence-electron chi connectivity index (χ0n) is 47.1. The summed E-state index contributed by atoms with van der Waals surface area (Å²) in [5, 5.41) is 0. The van der Waals surface area contributed by atoms with E-state index in [0.29, 0.717) is 0 Å². The summed E-state index contributed by atoms with van der Waals surface area (Å²) in [6.07, 6.45) is 82.5. The first-order valence-corrected chi connectivity index (χ1v) is 31.6. The second-order valence-electron chi connectivity index (χ2n) is 22.1. The first kappa shape index (κ1) is 64.4. The van der Waals surface area contributed by atoms with Crippen LogP contribution in [-0.4, -0.2) is 24.1 Å². The van der Waals surface area contributed by atoms with E-state index in [1.807, 2.05) is 0 Å². The number of hydrogen-bond donors (Lipinski definition) is 0.